The predicted molar refractivity (Wildman–Crippen MR) is 72.6 cm³/mol. The lowest BCUT2D eigenvalue weighted by Gasteiger charge is -2.11. The number of methoxy groups -OCH3 is 1. The number of Topliss-reactive ketones (excluding diaryl/α,β-unsaturated/α-hetero) is 1. The molecule has 0 fully saturated rings. The van der Waals surface area contributed by atoms with E-state index in [0.29, 0.717) is 5.56 Å². The van der Waals surface area contributed by atoms with E-state index in [2.05, 4.69) is 5.32 Å². The first kappa shape index (κ1) is 16.0. The Morgan fingerprint density at radius 2 is 2.10 bits per heavy atom. The van der Waals surface area contributed by atoms with E-state index in [1.165, 1.54) is 20.1 Å². The minimum Gasteiger partial charge on any atom is -0.504 e. The fourth-order valence-corrected chi connectivity index (χ4v) is 1.66. The van der Waals surface area contributed by atoms with Crippen LogP contribution in [0.15, 0.2) is 18.2 Å². The van der Waals surface area contributed by atoms with Gasteiger partial charge in [-0.1, -0.05) is 6.07 Å². The molecule has 0 radical (unpaired) electrons. The minimum absolute atomic E-state index is 0.00237. The van der Waals surface area contributed by atoms with Crippen molar-refractivity contribution in [2.75, 3.05) is 20.3 Å². The first-order valence-corrected chi connectivity index (χ1v) is 6.26. The molecule has 110 valence electrons. The molecule has 1 atom stereocenters. The number of phenols is 1. The third kappa shape index (κ3) is 4.24. The molecule has 1 rings (SSSR count). The van der Waals surface area contributed by atoms with Crippen LogP contribution in [0.5, 0.6) is 11.5 Å². The molecule has 0 heterocycles. The second-order valence-electron chi connectivity index (χ2n) is 4.39. The number of aromatic hydroxyl groups is 1. The van der Waals surface area contributed by atoms with Crippen LogP contribution in [0, 0.1) is 5.92 Å². The highest BCUT2D eigenvalue weighted by Crippen LogP contribution is 2.26. The number of rotatable bonds is 7. The van der Waals surface area contributed by atoms with Crippen LogP contribution in [0.25, 0.3) is 0 Å². The fraction of sp³-hybridized carbons (Fsp3) is 0.429. The van der Waals surface area contributed by atoms with E-state index >= 15 is 0 Å². The summed E-state index contributed by atoms with van der Waals surface area (Å²) in [4.78, 5) is 23.6. The molecule has 1 aromatic rings. The molecule has 1 unspecified atom stereocenters. The topological polar surface area (TPSA) is 95.9 Å². The molecule has 6 heteroatoms. The Balaban J connectivity index is 2.68. The highest BCUT2D eigenvalue weighted by Gasteiger charge is 2.21. The normalized spacial score (nSPS) is 11.8. The van der Waals surface area contributed by atoms with E-state index < -0.39 is 11.8 Å². The average molecular weight is 281 g/mol. The molecule has 0 aliphatic heterocycles. The number of benzene rings is 1. The van der Waals surface area contributed by atoms with E-state index in [1.807, 2.05) is 0 Å². The molecule has 1 amide bonds. The van der Waals surface area contributed by atoms with Gasteiger partial charge < -0.3 is 20.3 Å². The molecule has 0 aliphatic rings. The van der Waals surface area contributed by atoms with Crippen molar-refractivity contribution in [1.29, 1.82) is 0 Å². The predicted octanol–water partition coefficient (Wildman–Crippen LogP) is 0.257. The monoisotopic (exact) mass is 281 g/mol. The summed E-state index contributed by atoms with van der Waals surface area (Å²) >= 11 is 0. The Kier molecular flexibility index (Phi) is 5.99. The third-order valence-corrected chi connectivity index (χ3v) is 2.91. The van der Waals surface area contributed by atoms with Gasteiger partial charge in [-0.2, -0.15) is 0 Å². The van der Waals surface area contributed by atoms with Gasteiger partial charge in [0, 0.05) is 13.0 Å². The molecular formula is C14H19NO5. The van der Waals surface area contributed by atoms with Crippen LogP contribution in [-0.4, -0.2) is 42.2 Å². The molecule has 0 aromatic heterocycles. The highest BCUT2D eigenvalue weighted by molar-refractivity contribution is 6.01. The van der Waals surface area contributed by atoms with Gasteiger partial charge in [0.05, 0.1) is 19.6 Å². The summed E-state index contributed by atoms with van der Waals surface area (Å²) in [5.41, 5.74) is 0.659. The van der Waals surface area contributed by atoms with Gasteiger partial charge in [-0.15, -0.1) is 0 Å². The molecule has 3 N–H and O–H groups in total. The third-order valence-electron chi connectivity index (χ3n) is 2.91. The number of carbonyl (C=O) groups excluding carboxylic acids is 2. The maximum absolute atomic E-state index is 12.0. The lowest BCUT2D eigenvalue weighted by molar-refractivity contribution is -0.133. The van der Waals surface area contributed by atoms with Crippen molar-refractivity contribution in [1.82, 2.24) is 5.32 Å². The molecule has 20 heavy (non-hydrogen) atoms. The Morgan fingerprint density at radius 3 is 2.70 bits per heavy atom. The summed E-state index contributed by atoms with van der Waals surface area (Å²) in [5, 5.41) is 20.5. The van der Waals surface area contributed by atoms with Gasteiger partial charge in [0.1, 0.15) is 5.78 Å². The van der Waals surface area contributed by atoms with Gasteiger partial charge in [-0.25, -0.2) is 0 Å². The molecule has 0 spiro atoms. The number of aliphatic hydroxyl groups is 1. The van der Waals surface area contributed by atoms with Crippen molar-refractivity contribution in [2.24, 2.45) is 5.92 Å². The molecule has 0 aliphatic carbocycles. The van der Waals surface area contributed by atoms with E-state index in [1.54, 1.807) is 12.1 Å². The fourth-order valence-electron chi connectivity index (χ4n) is 1.66. The molecule has 6 nitrogen and oxygen atoms in total. The van der Waals surface area contributed by atoms with Crippen molar-refractivity contribution in [2.45, 2.75) is 13.3 Å². The number of aliphatic hydroxyl groups excluding tert-OH is 1. The summed E-state index contributed by atoms with van der Waals surface area (Å²) in [6.07, 6.45) is 0.0738. The van der Waals surface area contributed by atoms with E-state index in [0.717, 1.165) is 0 Å². The molecule has 0 saturated heterocycles. The van der Waals surface area contributed by atoms with Crippen molar-refractivity contribution in [3.8, 4) is 11.5 Å². The summed E-state index contributed by atoms with van der Waals surface area (Å²) in [6.45, 7) is 1.48. The number of ether oxygens (including phenoxy) is 1. The smallest absolute Gasteiger partial charge is 0.230 e. The zero-order valence-corrected chi connectivity index (χ0v) is 11.5. The van der Waals surface area contributed by atoms with Crippen LogP contribution in [0.3, 0.4) is 0 Å². The van der Waals surface area contributed by atoms with Crippen molar-refractivity contribution in [3.63, 3.8) is 0 Å². The van der Waals surface area contributed by atoms with Gasteiger partial charge >= 0.3 is 0 Å². The Labute approximate surface area is 117 Å². The highest BCUT2D eigenvalue weighted by atomic mass is 16.5. The maximum atomic E-state index is 12.0. The van der Waals surface area contributed by atoms with Crippen molar-refractivity contribution in [3.05, 3.63) is 23.8 Å². The van der Waals surface area contributed by atoms with Gasteiger partial charge in [0.25, 0.3) is 0 Å². The van der Waals surface area contributed by atoms with Gasteiger partial charge in [0.15, 0.2) is 11.5 Å². The van der Waals surface area contributed by atoms with E-state index in [9.17, 15) is 14.7 Å². The largest absolute Gasteiger partial charge is 0.504 e. The molecule has 0 saturated carbocycles. The second kappa shape index (κ2) is 7.49. The number of hydrogen-bond acceptors (Lipinski definition) is 5. The summed E-state index contributed by atoms with van der Waals surface area (Å²) in [7, 11) is 1.42. The van der Waals surface area contributed by atoms with Crippen LogP contribution in [-0.2, 0) is 16.0 Å². The van der Waals surface area contributed by atoms with Crippen molar-refractivity contribution >= 4 is 11.7 Å². The zero-order valence-electron chi connectivity index (χ0n) is 11.5. The zero-order chi connectivity index (χ0) is 15.1. The lowest BCUT2D eigenvalue weighted by Crippen LogP contribution is -2.35. The van der Waals surface area contributed by atoms with Crippen LogP contribution in [0.4, 0.5) is 0 Å². The number of hydrogen-bond donors (Lipinski definition) is 3. The quantitative estimate of drug-likeness (QED) is 0.623. The Hall–Kier alpha value is -2.08. The summed E-state index contributed by atoms with van der Waals surface area (Å²) in [6, 6.07) is 4.61. The summed E-state index contributed by atoms with van der Waals surface area (Å²) < 4.78 is 4.96. The van der Waals surface area contributed by atoms with Crippen LogP contribution >= 0.6 is 0 Å². The number of amides is 1. The Bertz CT molecular complexity index is 486. The van der Waals surface area contributed by atoms with Crippen LogP contribution in [0.1, 0.15) is 12.5 Å². The van der Waals surface area contributed by atoms with Crippen LogP contribution in [0.2, 0.25) is 0 Å². The number of carbonyl (C=O) groups is 2. The van der Waals surface area contributed by atoms with E-state index in [-0.39, 0.29) is 36.9 Å². The minimum atomic E-state index is -0.790. The number of nitrogens with one attached hydrogen (secondary N) is 1. The standard InChI is InChI=1S/C14H19NO5/c1-9(14(19)15-5-6-16)12(18)7-10-3-4-11(17)13(8-10)20-2/h3-4,8-9,16-17H,5-7H2,1-2H3,(H,15,19). The second-order valence-corrected chi connectivity index (χ2v) is 4.39. The summed E-state index contributed by atoms with van der Waals surface area (Å²) in [5.74, 6) is -1.16. The van der Waals surface area contributed by atoms with Gasteiger partial charge in [-0.3, -0.25) is 9.59 Å². The number of phenolic OH excluding ortho intramolecular Hbond substituents is 1. The first-order chi connectivity index (χ1) is 9.49. The molecular weight excluding hydrogens is 262 g/mol. The first-order valence-electron chi connectivity index (χ1n) is 6.26. The molecule has 0 bridgehead atoms. The van der Waals surface area contributed by atoms with Crippen LogP contribution < -0.4 is 10.1 Å². The van der Waals surface area contributed by atoms with E-state index in [4.69, 9.17) is 9.84 Å². The maximum Gasteiger partial charge on any atom is 0.230 e. The SMILES string of the molecule is COc1cc(CC(=O)C(C)C(=O)NCCO)ccc1O. The Morgan fingerprint density at radius 1 is 1.40 bits per heavy atom. The lowest BCUT2D eigenvalue weighted by atomic mass is 9.98. The van der Waals surface area contributed by atoms with Crippen molar-refractivity contribution < 1.29 is 24.5 Å². The number of ketones is 1. The molecule has 1 aromatic carbocycles. The average Bonchev–Trinajstić information content (AvgIpc) is 2.45. The van der Waals surface area contributed by atoms with Gasteiger partial charge in [0.2, 0.25) is 5.91 Å². The van der Waals surface area contributed by atoms with Gasteiger partial charge in [-0.05, 0) is 24.6 Å².